The van der Waals surface area contributed by atoms with Gasteiger partial charge in [0.05, 0.1) is 10.6 Å². The third-order valence-electron chi connectivity index (χ3n) is 4.84. The molecule has 1 atom stereocenters. The summed E-state index contributed by atoms with van der Waals surface area (Å²) in [5.74, 6) is -0.356. The molecule has 0 bridgehead atoms. The van der Waals surface area contributed by atoms with Crippen LogP contribution in [0.25, 0.3) is 5.69 Å². The Morgan fingerprint density at radius 2 is 1.97 bits per heavy atom. The first kappa shape index (κ1) is 20.5. The number of nitrogens with one attached hydrogen (secondary N) is 1. The smallest absolute Gasteiger partial charge is 0.243 e. The van der Waals surface area contributed by atoms with Gasteiger partial charge >= 0.3 is 0 Å². The van der Waals surface area contributed by atoms with Gasteiger partial charge < -0.3 is 5.32 Å². The molecule has 1 N–H and O–H groups in total. The maximum Gasteiger partial charge on any atom is 0.243 e. The second-order valence-corrected chi connectivity index (χ2v) is 9.37. The lowest BCUT2D eigenvalue weighted by Gasteiger charge is -2.23. The summed E-state index contributed by atoms with van der Waals surface area (Å²) in [5.41, 5.74) is 1.24. The summed E-state index contributed by atoms with van der Waals surface area (Å²) in [4.78, 5) is 13.1. The van der Waals surface area contributed by atoms with Crippen molar-refractivity contribution in [3.8, 4) is 5.69 Å². The van der Waals surface area contributed by atoms with E-state index in [2.05, 4.69) is 20.8 Å². The van der Waals surface area contributed by atoms with Crippen LogP contribution >= 0.6 is 11.8 Å². The number of tetrazole rings is 1. The lowest BCUT2D eigenvalue weighted by molar-refractivity contribution is -0.119. The van der Waals surface area contributed by atoms with Gasteiger partial charge in [0.15, 0.2) is 0 Å². The third-order valence-corrected chi connectivity index (χ3v) is 7.38. The van der Waals surface area contributed by atoms with Crippen molar-refractivity contribution in [1.29, 1.82) is 0 Å². The number of carbonyl (C=O) groups is 1. The minimum atomic E-state index is -3.74. The number of benzene rings is 2. The normalized spacial score (nSPS) is 17.2. The van der Waals surface area contributed by atoms with E-state index >= 15 is 0 Å². The molecule has 0 radical (unpaired) electrons. The predicted octanol–water partition coefficient (Wildman–Crippen LogP) is 2.18. The molecule has 1 saturated heterocycles. The SMILES string of the molecule is CSc1nnnn1-c1cccc(NC(=O)C2CCCN2S(=O)(=O)c2ccccc2)c1. The number of hydrogen-bond acceptors (Lipinski definition) is 7. The summed E-state index contributed by atoms with van der Waals surface area (Å²) < 4.78 is 28.9. The lowest BCUT2D eigenvalue weighted by Crippen LogP contribution is -2.43. The highest BCUT2D eigenvalue weighted by Crippen LogP contribution is 2.27. The van der Waals surface area contributed by atoms with E-state index in [-0.39, 0.29) is 10.8 Å². The fraction of sp³-hybridized carbons (Fsp3) is 0.263. The van der Waals surface area contributed by atoms with Crippen LogP contribution in [0.1, 0.15) is 12.8 Å². The molecule has 1 aliphatic heterocycles. The number of aromatic nitrogens is 4. The highest BCUT2D eigenvalue weighted by molar-refractivity contribution is 7.98. The summed E-state index contributed by atoms with van der Waals surface area (Å²) in [6.45, 7) is 0.317. The highest BCUT2D eigenvalue weighted by Gasteiger charge is 2.39. The number of amides is 1. The van der Waals surface area contributed by atoms with Gasteiger partial charge in [-0.25, -0.2) is 8.42 Å². The molecule has 2 heterocycles. The summed E-state index contributed by atoms with van der Waals surface area (Å²) in [7, 11) is -3.74. The van der Waals surface area contributed by atoms with Gasteiger partial charge in [-0.1, -0.05) is 36.0 Å². The predicted molar refractivity (Wildman–Crippen MR) is 113 cm³/mol. The first-order valence-corrected chi connectivity index (χ1v) is 12.0. The molecule has 3 aromatic rings. The topological polar surface area (TPSA) is 110 Å². The zero-order valence-electron chi connectivity index (χ0n) is 16.2. The number of nitrogens with zero attached hydrogens (tertiary/aromatic N) is 5. The van der Waals surface area contributed by atoms with Crippen LogP contribution in [-0.2, 0) is 14.8 Å². The van der Waals surface area contributed by atoms with Crippen LogP contribution in [0.5, 0.6) is 0 Å². The van der Waals surface area contributed by atoms with Gasteiger partial charge in [-0.15, -0.1) is 5.10 Å². The average Bonchev–Trinajstić information content (AvgIpc) is 3.44. The lowest BCUT2D eigenvalue weighted by atomic mass is 10.2. The number of carbonyl (C=O) groups excluding carboxylic acids is 1. The summed E-state index contributed by atoms with van der Waals surface area (Å²) >= 11 is 1.40. The van der Waals surface area contributed by atoms with Crippen molar-refractivity contribution in [2.75, 3.05) is 18.1 Å². The van der Waals surface area contributed by atoms with Crippen LogP contribution in [0.15, 0.2) is 64.6 Å². The van der Waals surface area contributed by atoms with Crippen molar-refractivity contribution in [2.24, 2.45) is 0 Å². The standard InChI is InChI=1S/C19H20N6O3S2/c1-29-19-21-22-23-25(19)15-8-5-7-14(13-15)20-18(26)17-11-6-12-24(17)30(27,28)16-9-3-2-4-10-16/h2-5,7-10,13,17H,6,11-12H2,1H3,(H,20,26). The number of anilines is 1. The molecular formula is C19H20N6O3S2. The van der Waals surface area contributed by atoms with Gasteiger partial charge in [0.25, 0.3) is 0 Å². The molecule has 4 rings (SSSR count). The van der Waals surface area contributed by atoms with Gasteiger partial charge in [0, 0.05) is 12.2 Å². The van der Waals surface area contributed by atoms with E-state index in [4.69, 9.17) is 0 Å². The molecule has 2 aromatic carbocycles. The largest absolute Gasteiger partial charge is 0.325 e. The fourth-order valence-corrected chi connectivity index (χ4v) is 5.54. The molecule has 1 amide bonds. The molecule has 1 aromatic heterocycles. The maximum atomic E-state index is 13.0. The monoisotopic (exact) mass is 444 g/mol. The van der Waals surface area contributed by atoms with Crippen LogP contribution in [-0.4, -0.2) is 57.7 Å². The Balaban J connectivity index is 1.55. The second-order valence-electron chi connectivity index (χ2n) is 6.70. The van der Waals surface area contributed by atoms with E-state index in [1.165, 1.54) is 16.1 Å². The Hall–Kier alpha value is -2.76. The number of sulfonamides is 1. The van der Waals surface area contributed by atoms with Crippen molar-refractivity contribution in [2.45, 2.75) is 28.9 Å². The van der Waals surface area contributed by atoms with Crippen molar-refractivity contribution in [3.63, 3.8) is 0 Å². The number of hydrogen-bond donors (Lipinski definition) is 1. The summed E-state index contributed by atoms with van der Waals surface area (Å²) in [6, 6.07) is 14.5. The zero-order valence-corrected chi connectivity index (χ0v) is 17.8. The molecule has 0 spiro atoms. The van der Waals surface area contributed by atoms with Crippen molar-refractivity contribution in [1.82, 2.24) is 24.5 Å². The molecule has 156 valence electrons. The second kappa shape index (κ2) is 8.54. The van der Waals surface area contributed by atoms with Gasteiger partial charge in [0.1, 0.15) is 6.04 Å². The fourth-order valence-electron chi connectivity index (χ4n) is 3.43. The molecular weight excluding hydrogens is 424 g/mol. The van der Waals surface area contributed by atoms with E-state index in [0.717, 1.165) is 0 Å². The quantitative estimate of drug-likeness (QED) is 0.580. The Morgan fingerprint density at radius 3 is 2.73 bits per heavy atom. The van der Waals surface area contributed by atoms with E-state index in [0.29, 0.717) is 35.9 Å². The Bertz CT molecular complexity index is 1150. The molecule has 30 heavy (non-hydrogen) atoms. The van der Waals surface area contributed by atoms with Crippen LogP contribution < -0.4 is 5.32 Å². The summed E-state index contributed by atoms with van der Waals surface area (Å²) in [6.07, 6.45) is 2.97. The first-order valence-electron chi connectivity index (χ1n) is 9.31. The molecule has 0 aliphatic carbocycles. The van der Waals surface area contributed by atoms with E-state index in [9.17, 15) is 13.2 Å². The molecule has 0 saturated carbocycles. The van der Waals surface area contributed by atoms with E-state index in [1.54, 1.807) is 53.2 Å². The van der Waals surface area contributed by atoms with Crippen molar-refractivity contribution in [3.05, 3.63) is 54.6 Å². The van der Waals surface area contributed by atoms with Gasteiger partial charge in [0.2, 0.25) is 21.1 Å². The Morgan fingerprint density at radius 1 is 1.17 bits per heavy atom. The third kappa shape index (κ3) is 3.95. The van der Waals surface area contributed by atoms with Crippen molar-refractivity contribution >= 4 is 33.4 Å². The Kier molecular flexibility index (Phi) is 5.84. The van der Waals surface area contributed by atoms with Gasteiger partial charge in [-0.3, -0.25) is 4.79 Å². The Labute approximate surface area is 178 Å². The van der Waals surface area contributed by atoms with E-state index < -0.39 is 16.1 Å². The molecule has 11 heteroatoms. The van der Waals surface area contributed by atoms with Gasteiger partial charge in [-0.05, 0) is 59.9 Å². The first-order chi connectivity index (χ1) is 14.5. The maximum absolute atomic E-state index is 13.0. The minimum Gasteiger partial charge on any atom is -0.325 e. The molecule has 1 unspecified atom stereocenters. The van der Waals surface area contributed by atoms with Crippen molar-refractivity contribution < 1.29 is 13.2 Å². The van der Waals surface area contributed by atoms with Crippen LogP contribution in [0.2, 0.25) is 0 Å². The highest BCUT2D eigenvalue weighted by atomic mass is 32.2. The van der Waals surface area contributed by atoms with E-state index in [1.807, 2.05) is 12.3 Å². The van der Waals surface area contributed by atoms with Crippen LogP contribution in [0.3, 0.4) is 0 Å². The molecule has 1 aliphatic rings. The van der Waals surface area contributed by atoms with Crippen LogP contribution in [0.4, 0.5) is 5.69 Å². The van der Waals surface area contributed by atoms with Crippen LogP contribution in [0, 0.1) is 0 Å². The molecule has 9 nitrogen and oxygen atoms in total. The van der Waals surface area contributed by atoms with Gasteiger partial charge in [-0.2, -0.15) is 8.99 Å². The number of thioether (sulfide) groups is 1. The zero-order chi connectivity index (χ0) is 21.1. The summed E-state index contributed by atoms with van der Waals surface area (Å²) in [5, 5.41) is 15.0. The average molecular weight is 445 g/mol. The molecule has 1 fully saturated rings. The minimum absolute atomic E-state index is 0.190. The number of rotatable bonds is 6.